The molecule has 2 fully saturated rings. The van der Waals surface area contributed by atoms with Gasteiger partial charge >= 0.3 is 0 Å². The highest BCUT2D eigenvalue weighted by Crippen LogP contribution is 2.38. The number of nitrogens with one attached hydrogen (secondary N) is 1. The summed E-state index contributed by atoms with van der Waals surface area (Å²) in [7, 11) is 0. The molecule has 2 aliphatic rings. The molecule has 3 nitrogen and oxygen atoms in total. The molecule has 2 rings (SSSR count). The van der Waals surface area contributed by atoms with Gasteiger partial charge in [0.1, 0.15) is 0 Å². The van der Waals surface area contributed by atoms with Crippen LogP contribution in [-0.2, 0) is 4.79 Å². The van der Waals surface area contributed by atoms with Crippen molar-refractivity contribution in [1.29, 1.82) is 0 Å². The first-order valence-electron chi connectivity index (χ1n) is 7.11. The van der Waals surface area contributed by atoms with Gasteiger partial charge in [-0.2, -0.15) is 0 Å². The van der Waals surface area contributed by atoms with Crippen molar-refractivity contribution < 1.29 is 4.79 Å². The number of hydrogen-bond donors (Lipinski definition) is 2. The van der Waals surface area contributed by atoms with Crippen molar-refractivity contribution in [2.45, 2.75) is 70.4 Å². The number of hydrogen-bond acceptors (Lipinski definition) is 2. The lowest BCUT2D eigenvalue weighted by Gasteiger charge is -2.31. The largest absolute Gasteiger partial charge is 0.352 e. The molecular weight excluding hydrogens is 212 g/mol. The normalized spacial score (nSPS) is 27.2. The van der Waals surface area contributed by atoms with E-state index in [1.165, 1.54) is 32.1 Å². The summed E-state index contributed by atoms with van der Waals surface area (Å²) in [5.74, 6) is 1.11. The Morgan fingerprint density at radius 3 is 2.35 bits per heavy atom. The fourth-order valence-corrected chi connectivity index (χ4v) is 2.98. The van der Waals surface area contributed by atoms with Crippen LogP contribution in [0.15, 0.2) is 0 Å². The first kappa shape index (κ1) is 12.9. The van der Waals surface area contributed by atoms with Crippen LogP contribution in [-0.4, -0.2) is 17.5 Å². The van der Waals surface area contributed by atoms with E-state index in [1.807, 2.05) is 6.92 Å². The highest BCUT2D eigenvalue weighted by atomic mass is 16.2. The summed E-state index contributed by atoms with van der Waals surface area (Å²) >= 11 is 0. The van der Waals surface area contributed by atoms with Crippen molar-refractivity contribution >= 4 is 5.91 Å². The minimum absolute atomic E-state index is 0.0538. The van der Waals surface area contributed by atoms with Crippen LogP contribution in [0.2, 0.25) is 0 Å². The van der Waals surface area contributed by atoms with E-state index in [1.54, 1.807) is 0 Å². The minimum Gasteiger partial charge on any atom is -0.352 e. The highest BCUT2D eigenvalue weighted by Gasteiger charge is 2.44. The Balaban J connectivity index is 1.84. The molecule has 0 aliphatic heterocycles. The van der Waals surface area contributed by atoms with Crippen LogP contribution < -0.4 is 11.1 Å². The fraction of sp³-hybridized carbons (Fsp3) is 0.929. The summed E-state index contributed by atoms with van der Waals surface area (Å²) < 4.78 is 0. The third-order valence-electron chi connectivity index (χ3n) is 4.63. The molecule has 2 aliphatic carbocycles. The lowest BCUT2D eigenvalue weighted by atomic mass is 9.84. The van der Waals surface area contributed by atoms with E-state index in [9.17, 15) is 4.79 Å². The fourth-order valence-electron chi connectivity index (χ4n) is 2.98. The molecule has 1 unspecified atom stereocenters. The van der Waals surface area contributed by atoms with E-state index in [-0.39, 0.29) is 11.9 Å². The van der Waals surface area contributed by atoms with Crippen molar-refractivity contribution in [3.8, 4) is 0 Å². The number of amides is 1. The van der Waals surface area contributed by atoms with Gasteiger partial charge in [0.15, 0.2) is 0 Å². The maximum Gasteiger partial charge on any atom is 0.240 e. The van der Waals surface area contributed by atoms with Crippen molar-refractivity contribution in [2.24, 2.45) is 17.6 Å². The molecule has 0 spiro atoms. The Labute approximate surface area is 105 Å². The Kier molecular flexibility index (Phi) is 3.76. The molecule has 0 heterocycles. The first-order chi connectivity index (χ1) is 8.01. The predicted molar refractivity (Wildman–Crippen MR) is 69.5 cm³/mol. The van der Waals surface area contributed by atoms with Crippen LogP contribution in [0.25, 0.3) is 0 Å². The molecule has 2 atom stereocenters. The van der Waals surface area contributed by atoms with E-state index in [2.05, 4.69) is 12.2 Å². The van der Waals surface area contributed by atoms with Gasteiger partial charge in [-0.3, -0.25) is 4.79 Å². The molecule has 3 heteroatoms. The molecular formula is C14H26N2O. The van der Waals surface area contributed by atoms with Crippen molar-refractivity contribution in [3.05, 3.63) is 0 Å². The molecule has 0 bridgehead atoms. The van der Waals surface area contributed by atoms with Crippen LogP contribution >= 0.6 is 0 Å². The Hall–Kier alpha value is -0.570. The summed E-state index contributed by atoms with van der Waals surface area (Å²) in [6.07, 6.45) is 8.71. The van der Waals surface area contributed by atoms with Crippen molar-refractivity contribution in [3.63, 3.8) is 0 Å². The van der Waals surface area contributed by atoms with Gasteiger partial charge in [0.25, 0.3) is 0 Å². The van der Waals surface area contributed by atoms with E-state index in [4.69, 9.17) is 5.73 Å². The van der Waals surface area contributed by atoms with E-state index < -0.39 is 5.54 Å². The van der Waals surface area contributed by atoms with Gasteiger partial charge in [-0.15, -0.1) is 0 Å². The van der Waals surface area contributed by atoms with E-state index >= 15 is 0 Å². The second-order valence-corrected chi connectivity index (χ2v) is 6.22. The molecule has 0 aromatic rings. The molecule has 0 aromatic heterocycles. The summed E-state index contributed by atoms with van der Waals surface area (Å²) in [6, 6.07) is 0.282. The van der Waals surface area contributed by atoms with Crippen LogP contribution in [0.3, 0.4) is 0 Å². The number of rotatable bonds is 4. The second-order valence-electron chi connectivity index (χ2n) is 6.22. The molecule has 1 amide bonds. The Morgan fingerprint density at radius 2 is 1.82 bits per heavy atom. The van der Waals surface area contributed by atoms with Crippen LogP contribution in [0, 0.1) is 11.8 Å². The lowest BCUT2D eigenvalue weighted by Crippen LogP contribution is -2.56. The predicted octanol–water partition coefficient (Wildman–Crippen LogP) is 2.20. The number of carbonyl (C=O) groups excluding carboxylic acids is 1. The van der Waals surface area contributed by atoms with Gasteiger partial charge in [-0.25, -0.2) is 0 Å². The van der Waals surface area contributed by atoms with Crippen molar-refractivity contribution in [1.82, 2.24) is 5.32 Å². The summed E-state index contributed by atoms with van der Waals surface area (Å²) in [5.41, 5.74) is 5.48. The maximum atomic E-state index is 12.2. The van der Waals surface area contributed by atoms with Crippen molar-refractivity contribution in [2.75, 3.05) is 0 Å². The summed E-state index contributed by atoms with van der Waals surface area (Å²) in [6.45, 7) is 4.02. The number of carbonyl (C=O) groups is 1. The van der Waals surface area contributed by atoms with Gasteiger partial charge in [-0.1, -0.05) is 19.3 Å². The maximum absolute atomic E-state index is 12.2. The zero-order valence-electron chi connectivity index (χ0n) is 11.2. The smallest absolute Gasteiger partial charge is 0.240 e. The van der Waals surface area contributed by atoms with Crippen LogP contribution in [0.5, 0.6) is 0 Å². The average molecular weight is 238 g/mol. The van der Waals surface area contributed by atoms with Gasteiger partial charge in [0, 0.05) is 6.04 Å². The van der Waals surface area contributed by atoms with Crippen LogP contribution in [0.1, 0.15) is 58.8 Å². The SMILES string of the molecule is C[C@H](NC(=O)C(C)(N)C1CC1)C1CCCCC1. The zero-order chi connectivity index (χ0) is 12.5. The standard InChI is InChI=1S/C14H26N2O/c1-10(11-6-4-3-5-7-11)16-13(17)14(2,15)12-8-9-12/h10-12H,3-9,15H2,1-2H3,(H,16,17)/t10-,14?/m0/s1. The molecule has 98 valence electrons. The van der Waals surface area contributed by atoms with Gasteiger partial charge in [0.2, 0.25) is 5.91 Å². The second kappa shape index (κ2) is 4.97. The summed E-state index contributed by atoms with van der Waals surface area (Å²) in [5, 5.41) is 3.15. The third kappa shape index (κ3) is 3.01. The molecule has 2 saturated carbocycles. The van der Waals surface area contributed by atoms with Crippen LogP contribution in [0.4, 0.5) is 0 Å². The van der Waals surface area contributed by atoms with Gasteiger partial charge in [-0.05, 0) is 51.4 Å². The molecule has 3 N–H and O–H groups in total. The molecule has 0 radical (unpaired) electrons. The average Bonchev–Trinajstić information content (AvgIpc) is 3.14. The van der Waals surface area contributed by atoms with E-state index in [0.29, 0.717) is 11.8 Å². The van der Waals surface area contributed by atoms with Gasteiger partial charge in [0.05, 0.1) is 5.54 Å². The molecule has 0 aromatic carbocycles. The quantitative estimate of drug-likeness (QED) is 0.789. The van der Waals surface area contributed by atoms with E-state index in [0.717, 1.165) is 12.8 Å². The third-order valence-corrected chi connectivity index (χ3v) is 4.63. The number of nitrogens with two attached hydrogens (primary N) is 1. The first-order valence-corrected chi connectivity index (χ1v) is 7.11. The van der Waals surface area contributed by atoms with Gasteiger partial charge < -0.3 is 11.1 Å². The highest BCUT2D eigenvalue weighted by molar-refractivity contribution is 5.86. The molecule has 17 heavy (non-hydrogen) atoms. The summed E-state index contributed by atoms with van der Waals surface area (Å²) in [4.78, 5) is 12.2. The minimum atomic E-state index is -0.650. The topological polar surface area (TPSA) is 55.1 Å². The Morgan fingerprint density at radius 1 is 1.24 bits per heavy atom. The molecule has 0 saturated heterocycles. The lowest BCUT2D eigenvalue weighted by molar-refractivity contribution is -0.127. The Bertz CT molecular complexity index is 278. The zero-order valence-corrected chi connectivity index (χ0v) is 11.2. The monoisotopic (exact) mass is 238 g/mol.